The topological polar surface area (TPSA) is 93.3 Å². The van der Waals surface area contributed by atoms with E-state index < -0.39 is 5.92 Å². The minimum absolute atomic E-state index is 0.122. The SMILES string of the molecule is COc1cccc(C2CC(=O)Nc3nc(SCc4ccccc4C)[nH]c(=O)c32)c1OC. The standard InChI is InChI=1S/C23H23N3O4S/c1-13-7-4-5-8-14(13)12-31-23-25-21-19(22(28)26-23)16(11-18(27)24-21)15-9-6-10-17(29-2)20(15)30-3/h4-10,16H,11-12H2,1-3H3,(H2,24,25,26,27,28). The van der Waals surface area contributed by atoms with Crippen LogP contribution in [0.4, 0.5) is 5.82 Å². The summed E-state index contributed by atoms with van der Waals surface area (Å²) in [5.74, 6) is 1.32. The maximum Gasteiger partial charge on any atom is 0.257 e. The number of nitrogens with one attached hydrogen (secondary N) is 2. The van der Waals surface area contributed by atoms with Crippen molar-refractivity contribution in [1.29, 1.82) is 0 Å². The number of thioether (sulfide) groups is 1. The number of anilines is 1. The molecule has 2 aromatic carbocycles. The lowest BCUT2D eigenvalue weighted by molar-refractivity contribution is -0.116. The van der Waals surface area contributed by atoms with Gasteiger partial charge in [-0.1, -0.05) is 48.2 Å². The Morgan fingerprint density at radius 1 is 1.10 bits per heavy atom. The van der Waals surface area contributed by atoms with Gasteiger partial charge >= 0.3 is 0 Å². The monoisotopic (exact) mass is 437 g/mol. The number of aromatic nitrogens is 2. The molecule has 1 aliphatic heterocycles. The molecule has 0 aliphatic carbocycles. The number of aromatic amines is 1. The predicted octanol–water partition coefficient (Wildman–Crippen LogP) is 3.86. The Kier molecular flexibility index (Phi) is 5.99. The van der Waals surface area contributed by atoms with Gasteiger partial charge in [-0.15, -0.1) is 0 Å². The molecule has 7 nitrogen and oxygen atoms in total. The van der Waals surface area contributed by atoms with Crippen molar-refractivity contribution in [1.82, 2.24) is 9.97 Å². The smallest absolute Gasteiger partial charge is 0.257 e. The van der Waals surface area contributed by atoms with E-state index in [1.807, 2.05) is 43.3 Å². The van der Waals surface area contributed by atoms with Crippen molar-refractivity contribution in [2.75, 3.05) is 19.5 Å². The lowest BCUT2D eigenvalue weighted by Crippen LogP contribution is -2.31. The number of rotatable bonds is 6. The van der Waals surface area contributed by atoms with Gasteiger partial charge in [-0.05, 0) is 24.1 Å². The normalized spacial score (nSPS) is 15.2. The molecule has 31 heavy (non-hydrogen) atoms. The molecule has 1 amide bonds. The van der Waals surface area contributed by atoms with Gasteiger partial charge in [0.1, 0.15) is 5.82 Å². The van der Waals surface area contributed by atoms with Gasteiger partial charge in [0.2, 0.25) is 5.91 Å². The van der Waals surface area contributed by atoms with Crippen molar-refractivity contribution in [3.63, 3.8) is 0 Å². The van der Waals surface area contributed by atoms with Gasteiger partial charge in [-0.3, -0.25) is 9.59 Å². The Bertz CT molecular complexity index is 1190. The Balaban J connectivity index is 1.71. The highest BCUT2D eigenvalue weighted by atomic mass is 32.2. The Morgan fingerprint density at radius 2 is 1.90 bits per heavy atom. The van der Waals surface area contributed by atoms with Gasteiger partial charge in [0.25, 0.3) is 5.56 Å². The van der Waals surface area contributed by atoms with E-state index in [0.29, 0.717) is 39.4 Å². The Hall–Kier alpha value is -3.26. The second-order valence-electron chi connectivity index (χ2n) is 7.24. The van der Waals surface area contributed by atoms with Gasteiger partial charge < -0.3 is 19.8 Å². The predicted molar refractivity (Wildman–Crippen MR) is 120 cm³/mol. The van der Waals surface area contributed by atoms with Crippen LogP contribution in [0.5, 0.6) is 11.5 Å². The molecule has 2 N–H and O–H groups in total. The third kappa shape index (κ3) is 4.16. The highest BCUT2D eigenvalue weighted by molar-refractivity contribution is 7.98. The third-order valence-electron chi connectivity index (χ3n) is 5.36. The van der Waals surface area contributed by atoms with Crippen LogP contribution in [-0.4, -0.2) is 30.1 Å². The molecule has 0 fully saturated rings. The summed E-state index contributed by atoms with van der Waals surface area (Å²) in [5.41, 5.74) is 3.20. The van der Waals surface area contributed by atoms with Crippen LogP contribution >= 0.6 is 11.8 Å². The summed E-state index contributed by atoms with van der Waals surface area (Å²) in [6, 6.07) is 13.5. The van der Waals surface area contributed by atoms with E-state index in [1.165, 1.54) is 17.3 Å². The van der Waals surface area contributed by atoms with E-state index in [4.69, 9.17) is 9.47 Å². The number of ether oxygens (including phenoxy) is 2. The first-order valence-electron chi connectivity index (χ1n) is 9.84. The molecule has 1 atom stereocenters. The van der Waals surface area contributed by atoms with Crippen LogP contribution in [0.15, 0.2) is 52.4 Å². The van der Waals surface area contributed by atoms with Crippen LogP contribution in [-0.2, 0) is 10.5 Å². The number of H-pyrrole nitrogens is 1. The molecule has 0 bridgehead atoms. The molecular formula is C23H23N3O4S. The fourth-order valence-corrected chi connectivity index (χ4v) is 4.73. The van der Waals surface area contributed by atoms with Gasteiger partial charge in [0.15, 0.2) is 16.7 Å². The average Bonchev–Trinajstić information content (AvgIpc) is 2.77. The fourth-order valence-electron chi connectivity index (χ4n) is 3.79. The Labute approximate surface area is 184 Å². The molecule has 3 aromatic rings. The number of carbonyl (C=O) groups is 1. The number of aryl methyl sites for hydroxylation is 1. The maximum atomic E-state index is 13.1. The first-order chi connectivity index (χ1) is 15.0. The maximum absolute atomic E-state index is 13.1. The van der Waals surface area contributed by atoms with Crippen LogP contribution < -0.4 is 20.3 Å². The van der Waals surface area contributed by atoms with E-state index in [0.717, 1.165) is 5.56 Å². The number of hydrogen-bond donors (Lipinski definition) is 2. The summed E-state index contributed by atoms with van der Waals surface area (Å²) in [5, 5.41) is 3.22. The molecule has 0 radical (unpaired) electrons. The van der Waals surface area contributed by atoms with E-state index in [2.05, 4.69) is 15.3 Å². The zero-order chi connectivity index (χ0) is 22.0. The van der Waals surface area contributed by atoms with Gasteiger partial charge in [-0.25, -0.2) is 4.98 Å². The van der Waals surface area contributed by atoms with Crippen molar-refractivity contribution in [2.24, 2.45) is 0 Å². The van der Waals surface area contributed by atoms with E-state index in [9.17, 15) is 9.59 Å². The van der Waals surface area contributed by atoms with Crippen LogP contribution in [0.2, 0.25) is 0 Å². The minimum atomic E-state index is -0.486. The second kappa shape index (κ2) is 8.85. The number of carbonyl (C=O) groups excluding carboxylic acids is 1. The zero-order valence-corrected chi connectivity index (χ0v) is 18.3. The van der Waals surface area contributed by atoms with E-state index >= 15 is 0 Å². The quantitative estimate of drug-likeness (QED) is 0.449. The molecular weight excluding hydrogens is 414 g/mol. The summed E-state index contributed by atoms with van der Waals surface area (Å²) >= 11 is 1.42. The third-order valence-corrected chi connectivity index (χ3v) is 6.29. The van der Waals surface area contributed by atoms with Crippen molar-refractivity contribution in [3.05, 3.63) is 75.1 Å². The van der Waals surface area contributed by atoms with Crippen molar-refractivity contribution in [3.8, 4) is 11.5 Å². The highest BCUT2D eigenvalue weighted by Crippen LogP contribution is 2.42. The molecule has 0 saturated heterocycles. The molecule has 1 aromatic heterocycles. The van der Waals surface area contributed by atoms with Crippen LogP contribution in [0.3, 0.4) is 0 Å². The molecule has 8 heteroatoms. The number of nitrogens with zero attached hydrogens (tertiary/aromatic N) is 1. The second-order valence-corrected chi connectivity index (χ2v) is 8.20. The van der Waals surface area contributed by atoms with Gasteiger partial charge in [-0.2, -0.15) is 0 Å². The van der Waals surface area contributed by atoms with Crippen LogP contribution in [0, 0.1) is 6.92 Å². The van der Waals surface area contributed by atoms with Crippen LogP contribution in [0.25, 0.3) is 0 Å². The largest absolute Gasteiger partial charge is 0.493 e. The van der Waals surface area contributed by atoms with E-state index in [-0.39, 0.29) is 17.9 Å². The summed E-state index contributed by atoms with van der Waals surface area (Å²) in [6.07, 6.45) is 0.122. The number of methoxy groups -OCH3 is 2. The summed E-state index contributed by atoms with van der Waals surface area (Å²) in [6.45, 7) is 2.05. The van der Waals surface area contributed by atoms with Crippen molar-refractivity contribution < 1.29 is 14.3 Å². The number of fused-ring (bicyclic) bond motifs is 1. The average molecular weight is 438 g/mol. The minimum Gasteiger partial charge on any atom is -0.493 e. The molecule has 2 heterocycles. The molecule has 1 unspecified atom stereocenters. The summed E-state index contributed by atoms with van der Waals surface area (Å²) < 4.78 is 10.9. The first-order valence-corrected chi connectivity index (χ1v) is 10.8. The molecule has 1 aliphatic rings. The zero-order valence-electron chi connectivity index (χ0n) is 17.5. The number of para-hydroxylation sites is 1. The van der Waals surface area contributed by atoms with Gasteiger partial charge in [0, 0.05) is 23.7 Å². The molecule has 4 rings (SSSR count). The number of amides is 1. The molecule has 160 valence electrons. The number of benzene rings is 2. The highest BCUT2D eigenvalue weighted by Gasteiger charge is 2.33. The van der Waals surface area contributed by atoms with Crippen molar-refractivity contribution >= 4 is 23.5 Å². The lowest BCUT2D eigenvalue weighted by Gasteiger charge is -2.26. The number of hydrogen-bond acceptors (Lipinski definition) is 6. The van der Waals surface area contributed by atoms with Crippen molar-refractivity contribution in [2.45, 2.75) is 30.2 Å². The molecule has 0 saturated carbocycles. The first kappa shape index (κ1) is 21.0. The lowest BCUT2D eigenvalue weighted by atomic mass is 9.86. The fraction of sp³-hybridized carbons (Fsp3) is 0.261. The van der Waals surface area contributed by atoms with E-state index in [1.54, 1.807) is 20.3 Å². The Morgan fingerprint density at radius 3 is 2.65 bits per heavy atom. The summed E-state index contributed by atoms with van der Waals surface area (Å²) in [7, 11) is 3.09. The van der Waals surface area contributed by atoms with Gasteiger partial charge in [0.05, 0.1) is 19.8 Å². The van der Waals surface area contributed by atoms with Crippen LogP contribution in [0.1, 0.15) is 34.6 Å². The summed E-state index contributed by atoms with van der Waals surface area (Å²) in [4.78, 5) is 33.0. The molecule has 0 spiro atoms.